The zero-order chi connectivity index (χ0) is 10.8. The van der Waals surface area contributed by atoms with E-state index in [0.717, 1.165) is 0 Å². The Bertz CT molecular complexity index is 70.1. The molecule has 0 radical (unpaired) electrons. The Hall–Kier alpha value is -1.24. The molecule has 72 valence electrons. The Kier molecular flexibility index (Phi) is 308. The van der Waals surface area contributed by atoms with Crippen LogP contribution in [0.4, 0.5) is 0 Å². The molecule has 0 unspecified atom stereocenters. The van der Waals surface area contributed by atoms with Crippen molar-refractivity contribution in [2.45, 2.75) is 0 Å². The summed E-state index contributed by atoms with van der Waals surface area (Å²) in [7, 11) is 0. The van der Waals surface area contributed by atoms with E-state index in [1.54, 1.807) is 0 Å². The number of rotatable bonds is 0. The standard InChI is InChI=1S/4CHO2.Zr/c4*2-1-3;/h4*(H,2,3);/q4*-1;+4. The first kappa shape index (κ1) is 29.8. The van der Waals surface area contributed by atoms with E-state index in [9.17, 15) is 0 Å². The second-order valence-corrected chi connectivity index (χ2v) is 0.365. The van der Waals surface area contributed by atoms with E-state index in [-0.39, 0.29) is 26.2 Å². The maximum atomic E-state index is 8.24. The Labute approximate surface area is 91.9 Å². The van der Waals surface area contributed by atoms with Gasteiger partial charge in [-0.1, -0.05) is 25.9 Å². The molecule has 0 aliphatic heterocycles. The molecule has 0 atom stereocenters. The molecule has 0 saturated heterocycles. The van der Waals surface area contributed by atoms with E-state index in [4.69, 9.17) is 39.6 Å². The van der Waals surface area contributed by atoms with Gasteiger partial charge in [0.2, 0.25) is 0 Å². The maximum absolute atomic E-state index is 8.24. The predicted octanol–water partition coefficient (Wildman–Crippen LogP) is -1.56. The van der Waals surface area contributed by atoms with Crippen LogP contribution in [0.3, 0.4) is 0 Å². The second kappa shape index (κ2) is 134. The Morgan fingerprint density at radius 3 is 0.538 bits per heavy atom. The van der Waals surface area contributed by atoms with Gasteiger partial charge in [-0.3, -0.25) is 0 Å². The van der Waals surface area contributed by atoms with Crippen molar-refractivity contribution >= 4 is 25.9 Å². The molecule has 0 aromatic carbocycles. The van der Waals surface area contributed by atoms with Gasteiger partial charge >= 0.3 is 26.2 Å². The minimum absolute atomic E-state index is 0. The molecule has 0 amide bonds. The molecule has 0 aromatic rings. The maximum Gasteiger partial charge on any atom is 4.00 e. The van der Waals surface area contributed by atoms with Gasteiger partial charge in [-0.25, -0.2) is 0 Å². The largest absolute Gasteiger partial charge is 4.00 e. The minimum atomic E-state index is 0. The summed E-state index contributed by atoms with van der Waals surface area (Å²) in [5, 5.41) is 27.1. The number of aliphatic hydroxyl groups excluding tert-OH is 4. The van der Waals surface area contributed by atoms with Crippen molar-refractivity contribution in [1.82, 2.24) is 0 Å². The fraction of sp³-hybridized carbons (Fsp3) is 0. The summed E-state index contributed by atoms with van der Waals surface area (Å²) in [4.78, 5) is 32.9. The van der Waals surface area contributed by atoms with Gasteiger partial charge in [0, 0.05) is 0 Å². The number of hydrogen-bond donors (Lipinski definition) is 4. The Balaban J connectivity index is -0.0000000213. The average molecular weight is 271 g/mol. The van der Waals surface area contributed by atoms with Gasteiger partial charge in [0.15, 0.2) is 0 Å². The van der Waals surface area contributed by atoms with Crippen LogP contribution >= 0.6 is 0 Å². The van der Waals surface area contributed by atoms with Crippen molar-refractivity contribution < 1.29 is 65.8 Å². The van der Waals surface area contributed by atoms with Gasteiger partial charge in [-0.2, -0.15) is 0 Å². The van der Waals surface area contributed by atoms with E-state index in [2.05, 4.69) is 0 Å². The summed E-state index contributed by atoms with van der Waals surface area (Å²) in [6, 6.07) is 0. The number of hydrogen-bond acceptors (Lipinski definition) is 4. The van der Waals surface area contributed by atoms with Crippen LogP contribution in [0.1, 0.15) is 0 Å². The van der Waals surface area contributed by atoms with Crippen LogP contribution in [0.25, 0.3) is 0 Å². The molecular weight excluding hydrogens is 267 g/mol. The summed E-state index contributed by atoms with van der Waals surface area (Å²) in [5.41, 5.74) is 0. The molecule has 0 saturated carbocycles. The van der Waals surface area contributed by atoms with Crippen molar-refractivity contribution in [3.8, 4) is 0 Å². The van der Waals surface area contributed by atoms with Crippen LogP contribution in [0.2, 0.25) is 0 Å². The van der Waals surface area contributed by atoms with Crippen molar-refractivity contribution in [2.24, 2.45) is 0 Å². The first-order chi connectivity index (χ1) is 5.66. The molecule has 0 fully saturated rings. The Morgan fingerprint density at radius 2 is 0.538 bits per heavy atom. The second-order valence-electron chi connectivity index (χ2n) is 0.365. The molecule has 8 nitrogen and oxygen atoms in total. The summed E-state index contributed by atoms with van der Waals surface area (Å²) in [5.74, 6) is 0. The van der Waals surface area contributed by atoms with Crippen molar-refractivity contribution in [3.05, 3.63) is 0 Å². The topological polar surface area (TPSA) is 149 Å². The molecule has 0 aliphatic rings. The third-order valence-corrected chi connectivity index (χ3v) is 0. The van der Waals surface area contributed by atoms with Crippen LogP contribution < -0.4 is 0 Å². The van der Waals surface area contributed by atoms with Crippen LogP contribution in [-0.4, -0.2) is 46.3 Å². The van der Waals surface area contributed by atoms with Gasteiger partial charge in [0.1, 0.15) is 0 Å². The van der Waals surface area contributed by atoms with E-state index >= 15 is 0 Å². The fourth-order valence-corrected chi connectivity index (χ4v) is 0. The molecule has 0 heterocycles. The Morgan fingerprint density at radius 1 is 0.538 bits per heavy atom. The van der Waals surface area contributed by atoms with Crippen LogP contribution in [-0.2, 0) is 45.4 Å². The first-order valence-electron chi connectivity index (χ1n) is 1.71. The normalized spacial score (nSPS) is 3.69. The third-order valence-electron chi connectivity index (χ3n) is 0. The van der Waals surface area contributed by atoms with E-state index in [0.29, 0.717) is 25.9 Å². The molecule has 0 rings (SSSR count). The summed E-state index contributed by atoms with van der Waals surface area (Å²) < 4.78 is 0. The van der Waals surface area contributed by atoms with Gasteiger partial charge in [-0.05, 0) is 0 Å². The zero-order valence-electron chi connectivity index (χ0n) is 5.92. The first-order valence-corrected chi connectivity index (χ1v) is 1.71. The fourth-order valence-electron chi connectivity index (χ4n) is 0. The molecule has 0 aliphatic carbocycles. The summed E-state index contributed by atoms with van der Waals surface area (Å²) >= 11 is 0. The minimum Gasteiger partial charge on any atom is -0.665 e. The molecule has 0 spiro atoms. The third kappa shape index (κ3) is 540. The molecule has 4 N–H and O–H groups in total. The molecule has 0 bridgehead atoms. The molecule has 9 heteroatoms. The van der Waals surface area contributed by atoms with Crippen LogP contribution in [0, 0.1) is 0 Å². The van der Waals surface area contributed by atoms with E-state index in [1.165, 1.54) is 0 Å². The monoisotopic (exact) mass is 270 g/mol. The SMILES string of the molecule is O=[C-]O.O=[C-]O.O=[C-]O.O=[C-]O.[Zr+4]. The zero-order valence-corrected chi connectivity index (χ0v) is 8.38. The van der Waals surface area contributed by atoms with Crippen LogP contribution in [0.5, 0.6) is 0 Å². The molecule has 13 heavy (non-hydrogen) atoms. The predicted molar refractivity (Wildman–Crippen MR) is 33.3 cm³/mol. The van der Waals surface area contributed by atoms with Crippen molar-refractivity contribution in [2.75, 3.05) is 0 Å². The molecule has 0 aromatic heterocycles. The van der Waals surface area contributed by atoms with Gasteiger partial charge < -0.3 is 39.6 Å². The van der Waals surface area contributed by atoms with Gasteiger partial charge in [0.05, 0.1) is 0 Å². The van der Waals surface area contributed by atoms with Crippen molar-refractivity contribution in [3.63, 3.8) is 0 Å². The average Bonchev–Trinajstić information content (AvgIpc) is 1.92. The van der Waals surface area contributed by atoms with E-state index in [1.807, 2.05) is 0 Å². The summed E-state index contributed by atoms with van der Waals surface area (Å²) in [6.07, 6.45) is 0. The van der Waals surface area contributed by atoms with Crippen LogP contribution in [0.15, 0.2) is 0 Å². The van der Waals surface area contributed by atoms with Gasteiger partial charge in [0.25, 0.3) is 0 Å². The smallest absolute Gasteiger partial charge is 0.665 e. The summed E-state index contributed by atoms with van der Waals surface area (Å²) in [6.45, 7) is 2.00. The quantitative estimate of drug-likeness (QED) is 0.386. The molecular formula is C4H4O8Zr. The van der Waals surface area contributed by atoms with Gasteiger partial charge in [-0.15, -0.1) is 0 Å². The van der Waals surface area contributed by atoms with E-state index < -0.39 is 0 Å². The van der Waals surface area contributed by atoms with Crippen molar-refractivity contribution in [1.29, 1.82) is 0 Å².